The number of para-hydroxylation sites is 1. The summed E-state index contributed by atoms with van der Waals surface area (Å²) in [6, 6.07) is 19.8. The van der Waals surface area contributed by atoms with Crippen LogP contribution >= 0.6 is 0 Å². The van der Waals surface area contributed by atoms with Crippen LogP contribution in [0.3, 0.4) is 0 Å². The van der Waals surface area contributed by atoms with E-state index < -0.39 is 5.92 Å². The number of anilines is 1. The molecule has 0 unspecified atom stereocenters. The lowest BCUT2D eigenvalue weighted by molar-refractivity contribution is -0.156. The molecule has 1 aliphatic rings. The number of esters is 2. The molecule has 1 saturated heterocycles. The molecule has 0 saturated carbocycles. The van der Waals surface area contributed by atoms with Crippen molar-refractivity contribution in [1.82, 2.24) is 0 Å². The monoisotopic (exact) mass is 381 g/mol. The van der Waals surface area contributed by atoms with Gasteiger partial charge in [-0.05, 0) is 36.5 Å². The summed E-state index contributed by atoms with van der Waals surface area (Å²) in [5.74, 6) is -1.01. The van der Waals surface area contributed by atoms with Crippen LogP contribution in [-0.4, -0.2) is 32.1 Å². The number of rotatable bonds is 7. The van der Waals surface area contributed by atoms with Crippen molar-refractivity contribution in [2.75, 3.05) is 25.1 Å². The summed E-state index contributed by atoms with van der Waals surface area (Å²) < 4.78 is 10.4. The number of carbonyl (C=O) groups excluding carboxylic acids is 2. The van der Waals surface area contributed by atoms with Gasteiger partial charge in [-0.1, -0.05) is 48.5 Å². The molecule has 1 heterocycles. The molecule has 1 aliphatic heterocycles. The minimum absolute atomic E-state index is 0.0650. The zero-order valence-corrected chi connectivity index (χ0v) is 16.3. The summed E-state index contributed by atoms with van der Waals surface area (Å²) in [4.78, 5) is 27.0. The number of piperidine rings is 1. The van der Waals surface area contributed by atoms with Crippen molar-refractivity contribution in [3.63, 3.8) is 0 Å². The van der Waals surface area contributed by atoms with Crippen molar-refractivity contribution in [2.24, 2.45) is 11.8 Å². The van der Waals surface area contributed by atoms with Crippen LogP contribution in [-0.2, 0) is 25.7 Å². The fourth-order valence-corrected chi connectivity index (χ4v) is 3.77. The number of hydrogen-bond donors (Lipinski definition) is 0. The van der Waals surface area contributed by atoms with E-state index in [4.69, 9.17) is 9.47 Å². The average Bonchev–Trinajstić information content (AvgIpc) is 2.77. The standard InChI is InChI=1S/C23H27NO4/c1-27-23(26)21(16-22(25)28-17-18-8-4-2-5-9-18)19-12-14-24(15-13-19)20-10-6-3-7-11-20/h2-11,19,21H,12-17H2,1H3/t21-/m0/s1. The van der Waals surface area contributed by atoms with E-state index in [1.807, 2.05) is 48.5 Å². The number of nitrogens with zero attached hydrogens (tertiary/aromatic N) is 1. The molecular weight excluding hydrogens is 354 g/mol. The van der Waals surface area contributed by atoms with Crippen LogP contribution in [0.25, 0.3) is 0 Å². The lowest BCUT2D eigenvalue weighted by Crippen LogP contribution is -2.39. The molecule has 0 spiro atoms. The predicted octanol–water partition coefficient (Wildman–Crippen LogP) is 3.83. The molecule has 0 bridgehead atoms. The lowest BCUT2D eigenvalue weighted by atomic mass is 9.82. The Bertz CT molecular complexity index is 755. The molecule has 2 aromatic rings. The highest BCUT2D eigenvalue weighted by Gasteiger charge is 2.34. The van der Waals surface area contributed by atoms with Crippen molar-refractivity contribution < 1.29 is 19.1 Å². The first-order chi connectivity index (χ1) is 13.7. The van der Waals surface area contributed by atoms with Crippen LogP contribution in [0.15, 0.2) is 60.7 Å². The molecule has 5 heteroatoms. The minimum Gasteiger partial charge on any atom is -0.469 e. The normalized spacial score (nSPS) is 15.7. The van der Waals surface area contributed by atoms with Gasteiger partial charge in [0.2, 0.25) is 0 Å². The molecule has 2 aromatic carbocycles. The van der Waals surface area contributed by atoms with Crippen LogP contribution in [0.2, 0.25) is 0 Å². The average molecular weight is 381 g/mol. The first-order valence-corrected chi connectivity index (χ1v) is 9.74. The van der Waals surface area contributed by atoms with Gasteiger partial charge in [-0.3, -0.25) is 9.59 Å². The number of ether oxygens (including phenoxy) is 2. The maximum Gasteiger partial charge on any atom is 0.309 e. The maximum absolute atomic E-state index is 12.3. The highest BCUT2D eigenvalue weighted by Crippen LogP contribution is 2.31. The molecule has 1 atom stereocenters. The van der Waals surface area contributed by atoms with Gasteiger partial charge < -0.3 is 14.4 Å². The summed E-state index contributed by atoms with van der Waals surface area (Å²) in [5.41, 5.74) is 2.12. The summed E-state index contributed by atoms with van der Waals surface area (Å²) in [6.45, 7) is 1.95. The van der Waals surface area contributed by atoms with E-state index >= 15 is 0 Å². The number of benzene rings is 2. The fourth-order valence-electron chi connectivity index (χ4n) is 3.77. The third-order valence-electron chi connectivity index (χ3n) is 5.36. The topological polar surface area (TPSA) is 55.8 Å². The fraction of sp³-hybridized carbons (Fsp3) is 0.391. The van der Waals surface area contributed by atoms with Crippen molar-refractivity contribution in [2.45, 2.75) is 25.9 Å². The first kappa shape index (κ1) is 19.9. The van der Waals surface area contributed by atoms with E-state index in [0.717, 1.165) is 31.5 Å². The van der Waals surface area contributed by atoms with Gasteiger partial charge >= 0.3 is 11.9 Å². The maximum atomic E-state index is 12.3. The SMILES string of the molecule is COC(=O)[C@@H](CC(=O)OCc1ccccc1)C1CCN(c2ccccc2)CC1. The molecular formula is C23H27NO4. The van der Waals surface area contributed by atoms with Crippen LogP contribution in [0.1, 0.15) is 24.8 Å². The summed E-state index contributed by atoms with van der Waals surface area (Å²) >= 11 is 0. The van der Waals surface area contributed by atoms with Gasteiger partial charge in [-0.25, -0.2) is 0 Å². The first-order valence-electron chi connectivity index (χ1n) is 9.74. The highest BCUT2D eigenvalue weighted by molar-refractivity contribution is 5.80. The second-order valence-corrected chi connectivity index (χ2v) is 7.14. The molecule has 5 nitrogen and oxygen atoms in total. The van der Waals surface area contributed by atoms with E-state index in [1.165, 1.54) is 12.8 Å². The van der Waals surface area contributed by atoms with Crippen LogP contribution in [0.4, 0.5) is 5.69 Å². The molecule has 0 aliphatic carbocycles. The molecule has 28 heavy (non-hydrogen) atoms. The van der Waals surface area contributed by atoms with Gasteiger partial charge in [0.1, 0.15) is 6.61 Å². The van der Waals surface area contributed by atoms with E-state index in [1.54, 1.807) is 0 Å². The Hall–Kier alpha value is -2.82. The van der Waals surface area contributed by atoms with Crippen LogP contribution in [0, 0.1) is 11.8 Å². The van der Waals surface area contributed by atoms with Gasteiger partial charge in [0, 0.05) is 18.8 Å². The van der Waals surface area contributed by atoms with Gasteiger partial charge in [0.05, 0.1) is 19.4 Å². The third kappa shape index (κ3) is 5.35. The molecule has 3 rings (SSSR count). The molecule has 0 N–H and O–H groups in total. The van der Waals surface area contributed by atoms with E-state index in [-0.39, 0.29) is 30.9 Å². The number of carbonyl (C=O) groups is 2. The zero-order valence-electron chi connectivity index (χ0n) is 16.3. The smallest absolute Gasteiger partial charge is 0.309 e. The van der Waals surface area contributed by atoms with E-state index in [2.05, 4.69) is 17.0 Å². The van der Waals surface area contributed by atoms with E-state index in [0.29, 0.717) is 0 Å². The molecule has 0 radical (unpaired) electrons. The Labute approximate surface area is 166 Å². The summed E-state index contributed by atoms with van der Waals surface area (Å²) in [7, 11) is 1.38. The highest BCUT2D eigenvalue weighted by atomic mass is 16.5. The Kier molecular flexibility index (Phi) is 7.06. The third-order valence-corrected chi connectivity index (χ3v) is 5.36. The minimum atomic E-state index is -0.453. The number of hydrogen-bond acceptors (Lipinski definition) is 5. The van der Waals surface area contributed by atoms with E-state index in [9.17, 15) is 9.59 Å². The summed E-state index contributed by atoms with van der Waals surface area (Å²) in [6.07, 6.45) is 1.76. The van der Waals surface area contributed by atoms with Gasteiger partial charge in [0.15, 0.2) is 0 Å². The van der Waals surface area contributed by atoms with Gasteiger partial charge in [0.25, 0.3) is 0 Å². The van der Waals surface area contributed by atoms with Crippen molar-refractivity contribution in [1.29, 1.82) is 0 Å². The van der Waals surface area contributed by atoms with Crippen LogP contribution in [0.5, 0.6) is 0 Å². The summed E-state index contributed by atoms with van der Waals surface area (Å²) in [5, 5.41) is 0. The largest absolute Gasteiger partial charge is 0.469 e. The molecule has 148 valence electrons. The zero-order chi connectivity index (χ0) is 19.8. The van der Waals surface area contributed by atoms with Gasteiger partial charge in [-0.2, -0.15) is 0 Å². The van der Waals surface area contributed by atoms with Crippen molar-refractivity contribution >= 4 is 17.6 Å². The second kappa shape index (κ2) is 9.93. The lowest BCUT2D eigenvalue weighted by Gasteiger charge is -2.36. The Morgan fingerprint density at radius 2 is 1.61 bits per heavy atom. The van der Waals surface area contributed by atoms with Crippen molar-refractivity contribution in [3.05, 3.63) is 66.2 Å². The van der Waals surface area contributed by atoms with Crippen molar-refractivity contribution in [3.8, 4) is 0 Å². The predicted molar refractivity (Wildman–Crippen MR) is 108 cm³/mol. The van der Waals surface area contributed by atoms with Crippen LogP contribution < -0.4 is 4.90 Å². The van der Waals surface area contributed by atoms with Gasteiger partial charge in [-0.15, -0.1) is 0 Å². The molecule has 0 amide bonds. The molecule has 1 fully saturated rings. The quantitative estimate of drug-likeness (QED) is 0.683. The Morgan fingerprint density at radius 3 is 2.21 bits per heavy atom. The molecule has 0 aromatic heterocycles. The second-order valence-electron chi connectivity index (χ2n) is 7.14. The Morgan fingerprint density at radius 1 is 1.00 bits per heavy atom. The number of methoxy groups -OCH3 is 1. The Balaban J connectivity index is 1.55.